The minimum absolute atomic E-state index is 0.00600. The molecule has 8 heteroatoms. The summed E-state index contributed by atoms with van der Waals surface area (Å²) in [6, 6.07) is 7.88. The molecule has 1 N–H and O–H groups in total. The van der Waals surface area contributed by atoms with E-state index in [0.29, 0.717) is 0 Å². The summed E-state index contributed by atoms with van der Waals surface area (Å²) in [5, 5.41) is 2.51. The topological polar surface area (TPSA) is 81.7 Å². The van der Waals surface area contributed by atoms with Gasteiger partial charge in [0.1, 0.15) is 5.92 Å². The molecule has 1 heterocycles. The molecule has 0 bridgehead atoms. The van der Waals surface area contributed by atoms with Gasteiger partial charge < -0.3 is 9.74 Å². The molecule has 25 heavy (non-hydrogen) atoms. The van der Waals surface area contributed by atoms with Crippen molar-refractivity contribution in [3.63, 3.8) is 0 Å². The number of hydrogen-bond acceptors (Lipinski definition) is 5. The molecule has 0 aromatic heterocycles. The van der Waals surface area contributed by atoms with Gasteiger partial charge in [-0.05, 0) is 37.2 Å². The molecule has 140 valence electrons. The minimum atomic E-state index is -3.94. The summed E-state index contributed by atoms with van der Waals surface area (Å²) in [6.45, 7) is 12.3. The number of carbonyl (C=O) groups is 1. The highest BCUT2D eigenvalue weighted by Crippen LogP contribution is 2.39. The molecule has 6 nitrogen and oxygen atoms in total. The smallest absolute Gasteiger partial charge is 0.298 e. The van der Waals surface area contributed by atoms with E-state index in [2.05, 4.69) is 39.2 Å². The molecule has 1 aromatic rings. The molecule has 0 aliphatic carbocycles. The fraction of sp³-hybridized carbons (Fsp3) is 0.588. The lowest BCUT2D eigenvalue weighted by Crippen LogP contribution is -2.65. The first-order chi connectivity index (χ1) is 11.3. The van der Waals surface area contributed by atoms with Gasteiger partial charge in [-0.3, -0.25) is 4.79 Å². The second-order valence-corrected chi connectivity index (χ2v) is 14.2. The maximum atomic E-state index is 12.3. The lowest BCUT2D eigenvalue weighted by atomic mass is 9.94. The average molecular weight is 386 g/mol. The van der Waals surface area contributed by atoms with Gasteiger partial charge in [-0.1, -0.05) is 39.0 Å². The van der Waals surface area contributed by atoms with E-state index < -0.39 is 36.7 Å². The van der Waals surface area contributed by atoms with Gasteiger partial charge in [-0.2, -0.15) is 8.42 Å². The number of β-lactam (4-membered cyclic amide) rings is 1. The standard InChI is InChI=1S/C17H27NO5SSi/c1-12(23-25(5,6)17(2,3)4)14-15(19)18-16(14)22-24(20,21)13-10-8-7-9-11-13/h7-12,14,16H,1-6H3,(H,18,19). The molecule has 0 spiro atoms. The van der Waals surface area contributed by atoms with E-state index in [1.807, 2.05) is 0 Å². The largest absolute Gasteiger partial charge is 0.413 e. The molecule has 1 saturated heterocycles. The predicted octanol–water partition coefficient (Wildman–Crippen LogP) is 2.87. The van der Waals surface area contributed by atoms with Crippen LogP contribution in [0.5, 0.6) is 0 Å². The van der Waals surface area contributed by atoms with E-state index in [9.17, 15) is 13.2 Å². The molecule has 3 unspecified atom stereocenters. The Kier molecular flexibility index (Phi) is 5.49. The molecule has 1 aromatic carbocycles. The minimum Gasteiger partial charge on any atom is -0.413 e. The highest BCUT2D eigenvalue weighted by Gasteiger charge is 2.49. The van der Waals surface area contributed by atoms with Crippen molar-refractivity contribution in [1.82, 2.24) is 5.32 Å². The second-order valence-electron chi connectivity index (χ2n) is 7.90. The Morgan fingerprint density at radius 2 is 1.72 bits per heavy atom. The van der Waals surface area contributed by atoms with E-state index in [0.717, 1.165) is 0 Å². The SMILES string of the molecule is CC(O[Si](C)(C)C(C)(C)C)C1C(=O)NC1OS(=O)(=O)c1ccccc1. The second kappa shape index (κ2) is 6.83. The van der Waals surface area contributed by atoms with E-state index in [1.165, 1.54) is 12.1 Å². The van der Waals surface area contributed by atoms with E-state index >= 15 is 0 Å². The van der Waals surface area contributed by atoms with Crippen molar-refractivity contribution in [2.75, 3.05) is 0 Å². The Balaban J connectivity index is 2.10. The molecule has 1 aliphatic heterocycles. The zero-order valence-corrected chi connectivity index (χ0v) is 17.4. The first kappa shape index (κ1) is 20.1. The Hall–Kier alpha value is -1.22. The van der Waals surface area contributed by atoms with Crippen molar-refractivity contribution in [2.24, 2.45) is 5.92 Å². The molecule has 1 fully saturated rings. The number of hydrogen-bond donors (Lipinski definition) is 1. The lowest BCUT2D eigenvalue weighted by Gasteiger charge is -2.44. The van der Waals surface area contributed by atoms with Crippen LogP contribution in [0.15, 0.2) is 35.2 Å². The van der Waals surface area contributed by atoms with Gasteiger partial charge in [0, 0.05) is 0 Å². The highest BCUT2D eigenvalue weighted by molar-refractivity contribution is 7.86. The molecular formula is C17H27NO5SSi. The van der Waals surface area contributed by atoms with E-state index in [4.69, 9.17) is 8.61 Å². The zero-order valence-electron chi connectivity index (χ0n) is 15.6. The molecule has 1 amide bonds. The van der Waals surface area contributed by atoms with Gasteiger partial charge in [0.2, 0.25) is 5.91 Å². The Labute approximate surface area is 151 Å². The molecular weight excluding hydrogens is 358 g/mol. The Bertz CT molecular complexity index is 727. The predicted molar refractivity (Wildman–Crippen MR) is 97.9 cm³/mol. The first-order valence-electron chi connectivity index (χ1n) is 8.32. The van der Waals surface area contributed by atoms with Crippen LogP contribution >= 0.6 is 0 Å². The van der Waals surface area contributed by atoms with E-state index in [-0.39, 0.29) is 15.8 Å². The van der Waals surface area contributed by atoms with Crippen LogP contribution < -0.4 is 5.32 Å². The monoisotopic (exact) mass is 385 g/mol. The highest BCUT2D eigenvalue weighted by atomic mass is 32.2. The normalized spacial score (nSPS) is 22.9. The van der Waals surface area contributed by atoms with E-state index in [1.54, 1.807) is 25.1 Å². The van der Waals surface area contributed by atoms with Crippen LogP contribution in [-0.2, 0) is 23.5 Å². The van der Waals surface area contributed by atoms with Crippen molar-refractivity contribution in [3.8, 4) is 0 Å². The number of carbonyl (C=O) groups excluding carboxylic acids is 1. The number of amides is 1. The maximum Gasteiger partial charge on any atom is 0.298 e. The third-order valence-electron chi connectivity index (χ3n) is 4.97. The fourth-order valence-electron chi connectivity index (χ4n) is 2.40. The Morgan fingerprint density at radius 3 is 2.20 bits per heavy atom. The van der Waals surface area contributed by atoms with Crippen molar-refractivity contribution in [3.05, 3.63) is 30.3 Å². The van der Waals surface area contributed by atoms with Crippen molar-refractivity contribution >= 4 is 24.3 Å². The lowest BCUT2D eigenvalue weighted by molar-refractivity contribution is -0.150. The van der Waals surface area contributed by atoms with Crippen molar-refractivity contribution in [1.29, 1.82) is 0 Å². The Morgan fingerprint density at radius 1 is 1.16 bits per heavy atom. The van der Waals surface area contributed by atoms with Crippen LogP contribution in [0.25, 0.3) is 0 Å². The van der Waals surface area contributed by atoms with Gasteiger partial charge >= 0.3 is 0 Å². The van der Waals surface area contributed by atoms with Gasteiger partial charge in [-0.25, -0.2) is 4.18 Å². The third-order valence-corrected chi connectivity index (χ3v) is 10.9. The van der Waals surface area contributed by atoms with Gasteiger partial charge in [0.15, 0.2) is 14.5 Å². The van der Waals surface area contributed by atoms with Crippen LogP contribution in [0.1, 0.15) is 27.7 Å². The quantitative estimate of drug-likeness (QED) is 0.463. The molecule has 0 radical (unpaired) electrons. The van der Waals surface area contributed by atoms with Crippen molar-refractivity contribution < 1.29 is 21.8 Å². The summed E-state index contributed by atoms with van der Waals surface area (Å²) in [6.07, 6.45) is -1.33. The van der Waals surface area contributed by atoms with Gasteiger partial charge in [0.05, 0.1) is 11.0 Å². The molecule has 3 atom stereocenters. The van der Waals surface area contributed by atoms with Crippen LogP contribution in [0, 0.1) is 5.92 Å². The average Bonchev–Trinajstić information content (AvgIpc) is 2.45. The summed E-state index contributed by atoms with van der Waals surface area (Å²) in [4.78, 5) is 12.1. The molecule has 1 aliphatic rings. The molecule has 0 saturated carbocycles. The number of benzene rings is 1. The number of rotatable bonds is 6. The number of nitrogens with one attached hydrogen (secondary N) is 1. The van der Waals surface area contributed by atoms with Crippen molar-refractivity contribution in [2.45, 2.75) is 63.1 Å². The van der Waals surface area contributed by atoms with Gasteiger partial charge in [-0.15, -0.1) is 0 Å². The van der Waals surface area contributed by atoms with Crippen LogP contribution in [0.3, 0.4) is 0 Å². The summed E-state index contributed by atoms with van der Waals surface area (Å²) < 4.78 is 36.2. The van der Waals surface area contributed by atoms with Gasteiger partial charge in [0.25, 0.3) is 10.1 Å². The third kappa shape index (κ3) is 4.31. The summed E-state index contributed by atoms with van der Waals surface area (Å²) in [5.74, 6) is -0.896. The molecule has 2 rings (SSSR count). The van der Waals surface area contributed by atoms with Crippen LogP contribution in [-0.4, -0.2) is 35.0 Å². The van der Waals surface area contributed by atoms with Crippen LogP contribution in [0.2, 0.25) is 18.1 Å². The maximum absolute atomic E-state index is 12.3. The summed E-state index contributed by atoms with van der Waals surface area (Å²) in [5.41, 5.74) is 0. The zero-order chi connectivity index (χ0) is 19.0. The summed E-state index contributed by atoms with van der Waals surface area (Å²) in [7, 11) is -6.02. The van der Waals surface area contributed by atoms with Crippen LogP contribution in [0.4, 0.5) is 0 Å². The fourth-order valence-corrected chi connectivity index (χ4v) is 4.88. The summed E-state index contributed by atoms with van der Waals surface area (Å²) >= 11 is 0. The first-order valence-corrected chi connectivity index (χ1v) is 12.6.